The van der Waals surface area contributed by atoms with E-state index in [0.29, 0.717) is 12.8 Å². The molecule has 102 valence electrons. The van der Waals surface area contributed by atoms with Gasteiger partial charge in [-0.15, -0.1) is 0 Å². The van der Waals surface area contributed by atoms with Crippen LogP contribution in [-0.2, 0) is 23.9 Å². The molecule has 0 aliphatic heterocycles. The number of ether oxygens (including phenoxy) is 2. The van der Waals surface area contributed by atoms with E-state index in [9.17, 15) is 14.4 Å². The second-order valence-corrected chi connectivity index (χ2v) is 2.79. The number of carboxylic acid groups (broad SMARTS) is 1. The van der Waals surface area contributed by atoms with Gasteiger partial charge in [-0.25, -0.2) is 0 Å². The van der Waals surface area contributed by atoms with E-state index in [0.717, 1.165) is 0 Å². The fraction of sp³-hybridized carbons (Fsp3) is 0.667. The Bertz CT molecular complexity index is 222. The molecule has 0 saturated heterocycles. The van der Waals surface area contributed by atoms with Crippen LogP contribution < -0.4 is 12.3 Å². The van der Waals surface area contributed by atoms with Crippen molar-refractivity contribution in [2.24, 2.45) is 0 Å². The van der Waals surface area contributed by atoms with Gasteiger partial charge in [0.25, 0.3) is 6.47 Å². The number of carbonyl (C=O) groups is 3. The number of rotatable bonds is 9. The maximum atomic E-state index is 10.9. The largest absolute Gasteiger partial charge is 0.481 e. The van der Waals surface area contributed by atoms with Gasteiger partial charge in [-0.05, 0) is 12.8 Å². The highest BCUT2D eigenvalue weighted by molar-refractivity contribution is 5.69. The zero-order chi connectivity index (χ0) is 11.5. The zero-order valence-corrected chi connectivity index (χ0v) is 9.72. The van der Waals surface area contributed by atoms with Crippen LogP contribution in [0.2, 0.25) is 0 Å². The van der Waals surface area contributed by atoms with Crippen LogP contribution in [0.5, 0.6) is 0 Å². The lowest BCUT2D eigenvalue weighted by Crippen LogP contribution is -2.10. The summed E-state index contributed by atoms with van der Waals surface area (Å²) in [5.41, 5.74) is 0. The number of hydrogen-bond acceptors (Lipinski definition) is 7. The maximum Gasteiger partial charge on any atom is 0.305 e. The van der Waals surface area contributed by atoms with Crippen molar-refractivity contribution in [2.45, 2.75) is 25.7 Å². The smallest absolute Gasteiger partial charge is 0.305 e. The molecule has 0 atom stereocenters. The summed E-state index contributed by atoms with van der Waals surface area (Å²) in [6, 6.07) is 0. The van der Waals surface area contributed by atoms with Crippen LogP contribution in [0, 0.1) is 0 Å². The van der Waals surface area contributed by atoms with Gasteiger partial charge in [-0.1, -0.05) is 0 Å². The Hall–Kier alpha value is -1.67. The minimum absolute atomic E-state index is 0. The predicted octanol–water partition coefficient (Wildman–Crippen LogP) is 0.672. The standard InChI is InChI=1S/C9H14O6.2H3N/c10-7-14-5-6-15-9(13)4-2-1-3-8(11)12;;/h7H,1-6H2,(H,11,12);2*1H3. The quantitative estimate of drug-likeness (QED) is 0.306. The molecule has 0 aliphatic rings. The molecule has 7 N–H and O–H groups in total. The minimum atomic E-state index is -0.872. The molecule has 8 heteroatoms. The Morgan fingerprint density at radius 3 is 2.18 bits per heavy atom. The van der Waals surface area contributed by atoms with E-state index in [1.807, 2.05) is 0 Å². The van der Waals surface area contributed by atoms with Crippen molar-refractivity contribution < 1.29 is 29.0 Å². The fourth-order valence-electron chi connectivity index (χ4n) is 0.869. The molecule has 17 heavy (non-hydrogen) atoms. The summed E-state index contributed by atoms with van der Waals surface area (Å²) in [6.45, 7) is 0.363. The number of aliphatic carboxylic acids is 1. The van der Waals surface area contributed by atoms with E-state index in [2.05, 4.69) is 9.47 Å². The van der Waals surface area contributed by atoms with Crippen molar-refractivity contribution in [1.82, 2.24) is 12.3 Å². The highest BCUT2D eigenvalue weighted by Crippen LogP contribution is 2.01. The number of hydrogen-bond donors (Lipinski definition) is 3. The van der Waals surface area contributed by atoms with E-state index < -0.39 is 11.9 Å². The van der Waals surface area contributed by atoms with E-state index in [1.165, 1.54) is 0 Å². The monoisotopic (exact) mass is 252 g/mol. The van der Waals surface area contributed by atoms with Crippen molar-refractivity contribution in [1.29, 1.82) is 0 Å². The van der Waals surface area contributed by atoms with Gasteiger partial charge in [0.2, 0.25) is 0 Å². The second-order valence-electron chi connectivity index (χ2n) is 2.79. The molecular formula is C9H20N2O6. The van der Waals surface area contributed by atoms with Crippen LogP contribution >= 0.6 is 0 Å². The van der Waals surface area contributed by atoms with Crippen molar-refractivity contribution in [3.8, 4) is 0 Å². The molecule has 0 aromatic rings. The first-order chi connectivity index (χ1) is 7.16. The highest BCUT2D eigenvalue weighted by atomic mass is 16.6. The van der Waals surface area contributed by atoms with Crippen molar-refractivity contribution in [3.05, 3.63) is 0 Å². The molecule has 8 nitrogen and oxygen atoms in total. The van der Waals surface area contributed by atoms with Gasteiger partial charge in [0.15, 0.2) is 0 Å². The Kier molecular flexibility index (Phi) is 17.5. The van der Waals surface area contributed by atoms with Gasteiger partial charge in [0.1, 0.15) is 13.2 Å². The second kappa shape index (κ2) is 14.3. The number of unbranched alkanes of at least 4 members (excludes halogenated alkanes) is 1. The van der Waals surface area contributed by atoms with Gasteiger partial charge in [0, 0.05) is 12.8 Å². The third kappa shape index (κ3) is 17.0. The average Bonchev–Trinajstić information content (AvgIpc) is 2.19. The zero-order valence-electron chi connectivity index (χ0n) is 9.72. The molecule has 0 amide bonds. The first kappa shape index (κ1) is 20.7. The molecule has 0 rings (SSSR count). The Balaban J connectivity index is -0.000000980. The van der Waals surface area contributed by atoms with Gasteiger partial charge < -0.3 is 26.9 Å². The summed E-state index contributed by atoms with van der Waals surface area (Å²) in [6.07, 6.45) is 1.19. The molecule has 0 radical (unpaired) electrons. The molecule has 0 bridgehead atoms. The lowest BCUT2D eigenvalue weighted by molar-refractivity contribution is -0.147. The van der Waals surface area contributed by atoms with E-state index in [4.69, 9.17) is 5.11 Å². The maximum absolute atomic E-state index is 10.9. The van der Waals surface area contributed by atoms with Gasteiger partial charge in [-0.2, -0.15) is 0 Å². The molecule has 0 saturated carbocycles. The molecule has 0 fully saturated rings. The number of esters is 1. The first-order valence-electron chi connectivity index (χ1n) is 4.59. The molecule has 0 heterocycles. The van der Waals surface area contributed by atoms with Crippen molar-refractivity contribution in [2.75, 3.05) is 13.2 Å². The lowest BCUT2D eigenvalue weighted by atomic mass is 10.2. The summed E-state index contributed by atoms with van der Waals surface area (Å²) < 4.78 is 8.99. The highest BCUT2D eigenvalue weighted by Gasteiger charge is 2.03. The van der Waals surface area contributed by atoms with Crippen LogP contribution in [-0.4, -0.2) is 36.7 Å². The summed E-state index contributed by atoms with van der Waals surface area (Å²) in [5, 5.41) is 8.31. The SMILES string of the molecule is N.N.O=COCCOC(=O)CCCCC(=O)O. The summed E-state index contributed by atoms with van der Waals surface area (Å²) >= 11 is 0. The van der Waals surface area contributed by atoms with Crippen LogP contribution in [0.1, 0.15) is 25.7 Å². The number of carbonyl (C=O) groups excluding carboxylic acids is 2. The Labute approximate surface area is 99.4 Å². The van der Waals surface area contributed by atoms with Crippen LogP contribution in [0.15, 0.2) is 0 Å². The normalized spacial score (nSPS) is 8.24. The lowest BCUT2D eigenvalue weighted by Gasteiger charge is -2.02. The molecule has 0 aromatic carbocycles. The molecular weight excluding hydrogens is 232 g/mol. The van der Waals surface area contributed by atoms with Crippen molar-refractivity contribution in [3.63, 3.8) is 0 Å². The summed E-state index contributed by atoms with van der Waals surface area (Å²) in [4.78, 5) is 30.8. The van der Waals surface area contributed by atoms with Crippen LogP contribution in [0.3, 0.4) is 0 Å². The Morgan fingerprint density at radius 2 is 1.65 bits per heavy atom. The average molecular weight is 252 g/mol. The summed E-state index contributed by atoms with van der Waals surface area (Å²) in [7, 11) is 0. The third-order valence-electron chi connectivity index (χ3n) is 1.55. The van der Waals surface area contributed by atoms with Crippen LogP contribution in [0.4, 0.5) is 0 Å². The first-order valence-corrected chi connectivity index (χ1v) is 4.59. The van der Waals surface area contributed by atoms with Gasteiger partial charge in [-0.3, -0.25) is 14.4 Å². The number of carboxylic acids is 1. The predicted molar refractivity (Wildman–Crippen MR) is 59.1 cm³/mol. The van der Waals surface area contributed by atoms with Gasteiger partial charge in [0.05, 0.1) is 0 Å². The molecule has 0 unspecified atom stereocenters. The third-order valence-corrected chi connectivity index (χ3v) is 1.55. The van der Waals surface area contributed by atoms with Crippen LogP contribution in [0.25, 0.3) is 0 Å². The molecule has 0 aliphatic carbocycles. The topological polar surface area (TPSA) is 160 Å². The minimum Gasteiger partial charge on any atom is -0.481 e. The van der Waals surface area contributed by atoms with Crippen molar-refractivity contribution >= 4 is 18.4 Å². The molecule has 0 aromatic heterocycles. The Morgan fingerprint density at radius 1 is 1.06 bits per heavy atom. The fourth-order valence-corrected chi connectivity index (χ4v) is 0.869. The van der Waals surface area contributed by atoms with Gasteiger partial charge >= 0.3 is 11.9 Å². The molecule has 0 spiro atoms. The van der Waals surface area contributed by atoms with E-state index in [-0.39, 0.29) is 44.8 Å². The summed E-state index contributed by atoms with van der Waals surface area (Å²) in [5.74, 6) is -1.28. The van der Waals surface area contributed by atoms with E-state index in [1.54, 1.807) is 0 Å². The van der Waals surface area contributed by atoms with E-state index >= 15 is 0 Å².